The van der Waals surface area contributed by atoms with Crippen LogP contribution in [0, 0.1) is 0 Å². The van der Waals surface area contributed by atoms with Crippen LogP contribution in [0.1, 0.15) is 30.9 Å². The average molecular weight is 356 g/mol. The van der Waals surface area contributed by atoms with E-state index in [0.29, 0.717) is 25.6 Å². The quantitative estimate of drug-likeness (QED) is 0.673. The van der Waals surface area contributed by atoms with Crippen molar-refractivity contribution in [2.75, 3.05) is 26.8 Å². The highest BCUT2D eigenvalue weighted by molar-refractivity contribution is 5.73. The summed E-state index contributed by atoms with van der Waals surface area (Å²) in [7, 11) is 1.64. The van der Waals surface area contributed by atoms with E-state index >= 15 is 0 Å². The van der Waals surface area contributed by atoms with Crippen LogP contribution in [0.2, 0.25) is 0 Å². The van der Waals surface area contributed by atoms with Crippen LogP contribution in [0.25, 0.3) is 0 Å². The summed E-state index contributed by atoms with van der Waals surface area (Å²) >= 11 is 0. The number of rotatable bonds is 9. The van der Waals surface area contributed by atoms with Gasteiger partial charge in [0.05, 0.1) is 13.7 Å². The molecule has 0 fully saturated rings. The summed E-state index contributed by atoms with van der Waals surface area (Å²) in [4.78, 5) is 11.8. The Bertz CT molecular complexity index is 701. The number of hydrogen-bond donors (Lipinski definition) is 2. The molecule has 0 atom stereocenters. The largest absolute Gasteiger partial charge is 0.497 e. The van der Waals surface area contributed by atoms with E-state index in [4.69, 9.17) is 9.47 Å². The predicted octanol–water partition coefficient (Wildman–Crippen LogP) is 3.74. The minimum absolute atomic E-state index is 0.188. The highest BCUT2D eigenvalue weighted by Crippen LogP contribution is 2.19. The van der Waals surface area contributed by atoms with Gasteiger partial charge in [0.25, 0.3) is 0 Å². The number of ether oxygens (including phenoxy) is 2. The Kier molecular flexibility index (Phi) is 7.80. The summed E-state index contributed by atoms with van der Waals surface area (Å²) in [6.07, 6.45) is 0.753. The molecule has 0 spiro atoms. The van der Waals surface area contributed by atoms with Gasteiger partial charge in [0, 0.05) is 6.54 Å². The van der Waals surface area contributed by atoms with Crippen molar-refractivity contribution in [1.29, 1.82) is 0 Å². The molecule has 0 aliphatic rings. The number of amides is 2. The Morgan fingerprint density at radius 3 is 2.50 bits per heavy atom. The molecule has 0 aliphatic carbocycles. The molecule has 0 saturated carbocycles. The molecule has 0 saturated heterocycles. The Hall–Kier alpha value is -2.69. The smallest absolute Gasteiger partial charge is 0.314 e. The SMILES string of the molecule is COc1cccc(CCNC(=O)NCCOc2cccc(C(C)C)c2)c1. The van der Waals surface area contributed by atoms with Crippen LogP contribution in [0.15, 0.2) is 48.5 Å². The van der Waals surface area contributed by atoms with Gasteiger partial charge in [-0.1, -0.05) is 38.1 Å². The molecule has 0 heterocycles. The highest BCUT2D eigenvalue weighted by Gasteiger charge is 2.03. The first-order chi connectivity index (χ1) is 12.6. The molecule has 5 nitrogen and oxygen atoms in total. The molecule has 2 N–H and O–H groups in total. The molecule has 2 rings (SSSR count). The van der Waals surface area contributed by atoms with Crippen LogP contribution in [0.4, 0.5) is 4.79 Å². The fraction of sp³-hybridized carbons (Fsp3) is 0.381. The normalized spacial score (nSPS) is 10.5. The van der Waals surface area contributed by atoms with Crippen molar-refractivity contribution in [2.45, 2.75) is 26.2 Å². The maximum atomic E-state index is 11.8. The van der Waals surface area contributed by atoms with Gasteiger partial charge >= 0.3 is 6.03 Å². The molecular weight excluding hydrogens is 328 g/mol. The zero-order chi connectivity index (χ0) is 18.8. The van der Waals surface area contributed by atoms with E-state index < -0.39 is 0 Å². The minimum atomic E-state index is -0.188. The zero-order valence-corrected chi connectivity index (χ0v) is 15.7. The van der Waals surface area contributed by atoms with E-state index in [-0.39, 0.29) is 6.03 Å². The first kappa shape index (κ1) is 19.6. The van der Waals surface area contributed by atoms with Crippen molar-refractivity contribution < 1.29 is 14.3 Å². The second-order valence-corrected chi connectivity index (χ2v) is 6.36. The zero-order valence-electron chi connectivity index (χ0n) is 15.7. The lowest BCUT2D eigenvalue weighted by molar-refractivity contribution is 0.236. The molecule has 0 radical (unpaired) electrons. The van der Waals surface area contributed by atoms with E-state index in [1.807, 2.05) is 42.5 Å². The van der Waals surface area contributed by atoms with Gasteiger partial charge in [-0.05, 0) is 47.7 Å². The van der Waals surface area contributed by atoms with Crippen molar-refractivity contribution in [2.24, 2.45) is 0 Å². The standard InChI is InChI=1S/C21H28N2O3/c1-16(2)18-7-5-9-20(15-18)26-13-12-23-21(24)22-11-10-17-6-4-8-19(14-17)25-3/h4-9,14-16H,10-13H2,1-3H3,(H2,22,23,24). The van der Waals surface area contributed by atoms with Crippen molar-refractivity contribution in [3.8, 4) is 11.5 Å². The van der Waals surface area contributed by atoms with Gasteiger partial charge in [0.1, 0.15) is 18.1 Å². The molecule has 0 bridgehead atoms. The van der Waals surface area contributed by atoms with E-state index in [0.717, 1.165) is 23.5 Å². The monoisotopic (exact) mass is 356 g/mol. The summed E-state index contributed by atoms with van der Waals surface area (Å²) in [6, 6.07) is 15.7. The predicted molar refractivity (Wildman–Crippen MR) is 104 cm³/mol. The number of hydrogen-bond acceptors (Lipinski definition) is 3. The fourth-order valence-corrected chi connectivity index (χ4v) is 2.51. The van der Waals surface area contributed by atoms with Crippen LogP contribution in [0.3, 0.4) is 0 Å². The number of carbonyl (C=O) groups excluding carboxylic acids is 1. The first-order valence-corrected chi connectivity index (χ1v) is 8.96. The Morgan fingerprint density at radius 2 is 1.73 bits per heavy atom. The van der Waals surface area contributed by atoms with Gasteiger partial charge in [-0.25, -0.2) is 4.79 Å². The molecule has 140 valence electrons. The molecule has 5 heteroatoms. The number of methoxy groups -OCH3 is 1. The van der Waals surface area contributed by atoms with Crippen LogP contribution in [0.5, 0.6) is 11.5 Å². The van der Waals surface area contributed by atoms with Crippen molar-refractivity contribution in [1.82, 2.24) is 10.6 Å². The minimum Gasteiger partial charge on any atom is -0.497 e. The Labute approximate surface area is 155 Å². The van der Waals surface area contributed by atoms with Gasteiger partial charge in [-0.15, -0.1) is 0 Å². The van der Waals surface area contributed by atoms with Gasteiger partial charge in [0.15, 0.2) is 0 Å². The summed E-state index contributed by atoms with van der Waals surface area (Å²) < 4.78 is 10.9. The van der Waals surface area contributed by atoms with E-state index in [1.165, 1.54) is 5.56 Å². The topological polar surface area (TPSA) is 59.6 Å². The van der Waals surface area contributed by atoms with Crippen LogP contribution in [-0.4, -0.2) is 32.8 Å². The lowest BCUT2D eigenvalue weighted by Gasteiger charge is -2.11. The molecule has 0 unspecified atom stereocenters. The lowest BCUT2D eigenvalue weighted by Crippen LogP contribution is -2.38. The van der Waals surface area contributed by atoms with Crippen molar-refractivity contribution >= 4 is 6.03 Å². The molecule has 0 aromatic heterocycles. The van der Waals surface area contributed by atoms with E-state index in [1.54, 1.807) is 7.11 Å². The van der Waals surface area contributed by atoms with Crippen LogP contribution < -0.4 is 20.1 Å². The van der Waals surface area contributed by atoms with Crippen LogP contribution >= 0.6 is 0 Å². The third-order valence-electron chi connectivity index (χ3n) is 4.01. The number of nitrogens with one attached hydrogen (secondary N) is 2. The van der Waals surface area contributed by atoms with Gasteiger partial charge in [-0.3, -0.25) is 0 Å². The number of carbonyl (C=O) groups is 1. The van der Waals surface area contributed by atoms with Gasteiger partial charge in [0.2, 0.25) is 0 Å². The number of benzene rings is 2. The maximum Gasteiger partial charge on any atom is 0.314 e. The van der Waals surface area contributed by atoms with Gasteiger partial charge in [-0.2, -0.15) is 0 Å². The van der Waals surface area contributed by atoms with Gasteiger partial charge < -0.3 is 20.1 Å². The summed E-state index contributed by atoms with van der Waals surface area (Å²) in [6.45, 7) is 5.76. The Morgan fingerprint density at radius 1 is 1.00 bits per heavy atom. The fourth-order valence-electron chi connectivity index (χ4n) is 2.51. The average Bonchev–Trinajstić information content (AvgIpc) is 2.65. The summed E-state index contributed by atoms with van der Waals surface area (Å²) in [5.74, 6) is 2.12. The molecule has 2 amide bonds. The van der Waals surface area contributed by atoms with E-state index in [9.17, 15) is 4.79 Å². The molecular formula is C21H28N2O3. The second-order valence-electron chi connectivity index (χ2n) is 6.36. The summed E-state index contributed by atoms with van der Waals surface area (Å²) in [5, 5.41) is 5.64. The Balaban J connectivity index is 1.62. The summed E-state index contributed by atoms with van der Waals surface area (Å²) in [5.41, 5.74) is 2.36. The highest BCUT2D eigenvalue weighted by atomic mass is 16.5. The number of urea groups is 1. The third kappa shape index (κ3) is 6.67. The van der Waals surface area contributed by atoms with Crippen molar-refractivity contribution in [3.05, 3.63) is 59.7 Å². The molecule has 2 aromatic rings. The van der Waals surface area contributed by atoms with E-state index in [2.05, 4.69) is 30.5 Å². The second kappa shape index (κ2) is 10.3. The third-order valence-corrected chi connectivity index (χ3v) is 4.01. The molecule has 2 aromatic carbocycles. The molecule has 26 heavy (non-hydrogen) atoms. The molecule has 0 aliphatic heterocycles. The van der Waals surface area contributed by atoms with Crippen molar-refractivity contribution in [3.63, 3.8) is 0 Å². The first-order valence-electron chi connectivity index (χ1n) is 8.96. The lowest BCUT2D eigenvalue weighted by atomic mass is 10.0. The maximum absolute atomic E-state index is 11.8. The van der Waals surface area contributed by atoms with Crippen LogP contribution in [-0.2, 0) is 6.42 Å².